The van der Waals surface area contributed by atoms with E-state index in [-0.39, 0.29) is 0 Å². The molecule has 0 aliphatic heterocycles. The summed E-state index contributed by atoms with van der Waals surface area (Å²) in [7, 11) is 3.17. The minimum atomic E-state index is 0.431. The molecule has 2 N–H and O–H groups in total. The summed E-state index contributed by atoms with van der Waals surface area (Å²) in [4.78, 5) is 0. The number of ether oxygens (including phenoxy) is 2. The summed E-state index contributed by atoms with van der Waals surface area (Å²) < 4.78 is 11.3. The number of hydrogen-bond acceptors (Lipinski definition) is 4. The fourth-order valence-electron chi connectivity index (χ4n) is 1.38. The van der Waals surface area contributed by atoms with Crippen LogP contribution in [0, 0.1) is 0 Å². The molecule has 108 valence electrons. The van der Waals surface area contributed by atoms with Crippen LogP contribution in [0.1, 0.15) is 5.56 Å². The van der Waals surface area contributed by atoms with E-state index in [1.807, 2.05) is 12.1 Å². The zero-order valence-electron chi connectivity index (χ0n) is 11.3. The Morgan fingerprint density at radius 1 is 1.45 bits per heavy atom. The molecule has 20 heavy (non-hydrogen) atoms. The first-order valence-electron chi connectivity index (χ1n) is 5.71. The molecule has 0 aromatic heterocycles. The van der Waals surface area contributed by atoms with Crippen LogP contribution in [-0.2, 0) is 0 Å². The molecule has 7 heteroatoms. The van der Waals surface area contributed by atoms with Gasteiger partial charge >= 0.3 is 0 Å². The highest BCUT2D eigenvalue weighted by atomic mass is 79.9. The van der Waals surface area contributed by atoms with Gasteiger partial charge in [0, 0.05) is 6.54 Å². The van der Waals surface area contributed by atoms with Crippen molar-refractivity contribution < 1.29 is 9.47 Å². The summed E-state index contributed by atoms with van der Waals surface area (Å²) in [5.74, 6) is 1.26. The molecule has 0 atom stereocenters. The number of nitrogens with one attached hydrogen (secondary N) is 2. The van der Waals surface area contributed by atoms with Gasteiger partial charge in [0.15, 0.2) is 16.6 Å². The third-order valence-corrected chi connectivity index (χ3v) is 3.07. The molecule has 0 heterocycles. The van der Waals surface area contributed by atoms with E-state index in [4.69, 9.17) is 21.7 Å². The van der Waals surface area contributed by atoms with Crippen LogP contribution in [0.3, 0.4) is 0 Å². The van der Waals surface area contributed by atoms with Crippen molar-refractivity contribution in [3.63, 3.8) is 0 Å². The number of halogens is 1. The molecular weight excluding hydrogens is 342 g/mol. The Morgan fingerprint density at radius 3 is 2.80 bits per heavy atom. The second-order valence-corrected chi connectivity index (χ2v) is 4.87. The molecule has 0 saturated heterocycles. The van der Waals surface area contributed by atoms with Crippen LogP contribution < -0.4 is 20.2 Å². The summed E-state index contributed by atoms with van der Waals surface area (Å²) in [6, 6.07) is 3.68. The van der Waals surface area contributed by atoms with Gasteiger partial charge in [-0.15, -0.1) is 6.58 Å². The van der Waals surface area contributed by atoms with E-state index < -0.39 is 0 Å². The topological polar surface area (TPSA) is 54.9 Å². The summed E-state index contributed by atoms with van der Waals surface area (Å²) in [6.45, 7) is 4.17. The Bertz CT molecular complexity index is 521. The van der Waals surface area contributed by atoms with Gasteiger partial charge in [0.2, 0.25) is 0 Å². The maximum absolute atomic E-state index is 5.25. The van der Waals surface area contributed by atoms with Crippen LogP contribution in [0.5, 0.6) is 11.5 Å². The molecule has 0 spiro atoms. The van der Waals surface area contributed by atoms with Crippen molar-refractivity contribution in [3.05, 3.63) is 34.8 Å². The van der Waals surface area contributed by atoms with Crippen LogP contribution in [0.2, 0.25) is 0 Å². The van der Waals surface area contributed by atoms with Gasteiger partial charge in [-0.05, 0) is 45.8 Å². The molecule has 5 nitrogen and oxygen atoms in total. The van der Waals surface area contributed by atoms with E-state index in [9.17, 15) is 0 Å². The second kappa shape index (κ2) is 8.55. The summed E-state index contributed by atoms with van der Waals surface area (Å²) >= 11 is 8.43. The monoisotopic (exact) mass is 357 g/mol. The second-order valence-electron chi connectivity index (χ2n) is 3.61. The zero-order chi connectivity index (χ0) is 15.0. The standard InChI is InChI=1S/C13H16BrN3O2S/c1-4-5-15-13(20)17-16-8-9-6-10(14)12(19-3)11(7-9)18-2/h4,6-8H,1,5H2,2-3H3,(H2,15,17,20). The van der Waals surface area contributed by atoms with Crippen molar-refractivity contribution in [2.75, 3.05) is 20.8 Å². The van der Waals surface area contributed by atoms with Gasteiger partial charge in [0.1, 0.15) is 0 Å². The summed E-state index contributed by atoms with van der Waals surface area (Å²) in [5, 5.41) is 7.37. The molecule has 0 fully saturated rings. The fraction of sp³-hybridized carbons (Fsp3) is 0.231. The number of thiocarbonyl (C=S) groups is 1. The number of methoxy groups -OCH3 is 2. The Morgan fingerprint density at radius 2 is 2.20 bits per heavy atom. The molecule has 0 saturated carbocycles. The van der Waals surface area contributed by atoms with Gasteiger partial charge in [0.05, 0.1) is 24.9 Å². The molecular formula is C13H16BrN3O2S. The predicted molar refractivity (Wildman–Crippen MR) is 88.8 cm³/mol. The average Bonchev–Trinajstić information content (AvgIpc) is 2.44. The Labute approximate surface area is 132 Å². The third-order valence-electron chi connectivity index (χ3n) is 2.24. The van der Waals surface area contributed by atoms with E-state index in [1.54, 1.807) is 26.5 Å². The average molecular weight is 358 g/mol. The van der Waals surface area contributed by atoms with Gasteiger partial charge in [0.25, 0.3) is 0 Å². The van der Waals surface area contributed by atoms with Crippen molar-refractivity contribution in [2.24, 2.45) is 5.10 Å². The van der Waals surface area contributed by atoms with E-state index in [1.165, 1.54) is 0 Å². The van der Waals surface area contributed by atoms with Crippen LogP contribution in [0.15, 0.2) is 34.4 Å². The van der Waals surface area contributed by atoms with Crippen LogP contribution in [-0.4, -0.2) is 32.1 Å². The molecule has 1 aromatic carbocycles. The lowest BCUT2D eigenvalue weighted by Crippen LogP contribution is -2.31. The molecule has 0 unspecified atom stereocenters. The predicted octanol–water partition coefficient (Wildman–Crippen LogP) is 2.45. The van der Waals surface area contributed by atoms with Crippen molar-refractivity contribution in [2.45, 2.75) is 0 Å². The van der Waals surface area contributed by atoms with Gasteiger partial charge in [-0.2, -0.15) is 5.10 Å². The van der Waals surface area contributed by atoms with E-state index in [2.05, 4.69) is 38.4 Å². The summed E-state index contributed by atoms with van der Waals surface area (Å²) in [5.41, 5.74) is 3.55. The maximum Gasteiger partial charge on any atom is 0.187 e. The fourth-order valence-corrected chi connectivity index (χ4v) is 2.14. The minimum Gasteiger partial charge on any atom is -0.493 e. The first-order chi connectivity index (χ1) is 9.62. The SMILES string of the molecule is C=CCNC(=S)NN=Cc1cc(Br)c(OC)c(OC)c1. The van der Waals surface area contributed by atoms with Crippen molar-refractivity contribution >= 4 is 39.5 Å². The number of benzene rings is 1. The van der Waals surface area contributed by atoms with Crippen LogP contribution >= 0.6 is 28.1 Å². The molecule has 1 aromatic rings. The van der Waals surface area contributed by atoms with Gasteiger partial charge in [-0.25, -0.2) is 0 Å². The maximum atomic E-state index is 5.25. The largest absolute Gasteiger partial charge is 0.493 e. The number of hydrazone groups is 1. The normalized spacial score (nSPS) is 10.2. The highest BCUT2D eigenvalue weighted by Gasteiger charge is 2.09. The van der Waals surface area contributed by atoms with Gasteiger partial charge in [-0.1, -0.05) is 6.08 Å². The number of nitrogens with zero attached hydrogens (tertiary/aromatic N) is 1. The van der Waals surface area contributed by atoms with Gasteiger partial charge in [-0.3, -0.25) is 5.43 Å². The lowest BCUT2D eigenvalue weighted by Gasteiger charge is -2.10. The molecule has 0 bridgehead atoms. The lowest BCUT2D eigenvalue weighted by atomic mass is 10.2. The lowest BCUT2D eigenvalue weighted by molar-refractivity contribution is 0.353. The Hall–Kier alpha value is -1.60. The summed E-state index contributed by atoms with van der Waals surface area (Å²) in [6.07, 6.45) is 3.34. The minimum absolute atomic E-state index is 0.431. The first-order valence-corrected chi connectivity index (χ1v) is 6.91. The highest BCUT2D eigenvalue weighted by molar-refractivity contribution is 9.10. The Balaban J connectivity index is 2.75. The van der Waals surface area contributed by atoms with Crippen molar-refractivity contribution in [1.82, 2.24) is 10.7 Å². The number of rotatable bonds is 6. The first kappa shape index (κ1) is 16.5. The van der Waals surface area contributed by atoms with Crippen molar-refractivity contribution in [3.8, 4) is 11.5 Å². The van der Waals surface area contributed by atoms with E-state index in [0.29, 0.717) is 23.2 Å². The Kier molecular flexibility index (Phi) is 7.03. The highest BCUT2D eigenvalue weighted by Crippen LogP contribution is 2.35. The van der Waals surface area contributed by atoms with Crippen LogP contribution in [0.25, 0.3) is 0 Å². The van der Waals surface area contributed by atoms with Crippen LogP contribution in [0.4, 0.5) is 0 Å². The van der Waals surface area contributed by atoms with E-state index >= 15 is 0 Å². The third kappa shape index (κ3) is 4.82. The molecule has 0 aliphatic rings. The van der Waals surface area contributed by atoms with Gasteiger partial charge < -0.3 is 14.8 Å². The molecule has 1 rings (SSSR count). The van der Waals surface area contributed by atoms with Crippen molar-refractivity contribution in [1.29, 1.82) is 0 Å². The zero-order valence-corrected chi connectivity index (χ0v) is 13.7. The molecule has 0 radical (unpaired) electrons. The number of hydrogen-bond donors (Lipinski definition) is 2. The molecule has 0 amide bonds. The smallest absolute Gasteiger partial charge is 0.187 e. The quantitative estimate of drug-likeness (QED) is 0.354. The molecule has 0 aliphatic carbocycles. The van der Waals surface area contributed by atoms with E-state index in [0.717, 1.165) is 10.0 Å².